The van der Waals surface area contributed by atoms with Gasteiger partial charge in [-0.05, 0) is 188 Å². The molecule has 0 saturated carbocycles. The number of unbranched alkanes of at least 4 members (excludes halogenated alkanes) is 14. The zero-order valence-corrected chi connectivity index (χ0v) is 48.4. The van der Waals surface area contributed by atoms with Gasteiger partial charge >= 0.3 is 29.8 Å². The Morgan fingerprint density at radius 3 is 1.21 bits per heavy atom. The van der Waals surface area contributed by atoms with E-state index in [1.54, 1.807) is 30.3 Å². The molecule has 14 nitrogen and oxygen atoms in total. The van der Waals surface area contributed by atoms with E-state index in [9.17, 15) is 24.0 Å². The van der Waals surface area contributed by atoms with Gasteiger partial charge in [-0.15, -0.1) is 0 Å². The molecule has 0 spiro atoms. The van der Waals surface area contributed by atoms with E-state index in [1.165, 1.54) is 18.2 Å². The fourth-order valence-corrected chi connectivity index (χ4v) is 9.34. The predicted octanol–water partition coefficient (Wildman–Crippen LogP) is 16.1. The van der Waals surface area contributed by atoms with Crippen molar-refractivity contribution < 1.29 is 61.9 Å². The van der Waals surface area contributed by atoms with Crippen molar-refractivity contribution in [2.24, 2.45) is 0 Å². The SMILES string of the molecule is C=CC(=O)OCCCCCCOc1ccc2cc(C(=O)Oc3ccc(OC(=O)c4ccc5cc(OCCCCCCOC(=O)C=C)ccc5c4)c(C(=O)OCCCCCCCCCCCOc4ccc(-c5ccc(C#N)cc5)cc4)c3)ccc2c1. The Labute approximate surface area is 498 Å². The fourth-order valence-electron chi connectivity index (χ4n) is 9.34. The standard InChI is InChI=1S/C71H75NO13/c1-3-67(73)81-43-19-14-12-17-41-79-62-36-32-55-46-59(28-26-57(55)48-62)69(75)84-64-38-39-66(85-70(76)60-29-27-58-49-63(37-33-56(58)47-60)80-42-18-13-15-20-44-82-68(74)4-2)65(50-64)71(77)83-45-21-11-9-7-5-6-8-10-16-40-78-61-34-30-54(31-35-61)53-24-22-52(51-72)23-25-53/h3-4,22-39,46-50H,1-2,5-21,40-45H2. The van der Waals surface area contributed by atoms with Crippen LogP contribution in [0.2, 0.25) is 0 Å². The summed E-state index contributed by atoms with van der Waals surface area (Å²) in [6, 6.07) is 43.6. The molecular formula is C71H75NO13. The first-order valence-electron chi connectivity index (χ1n) is 29.5. The molecule has 0 fully saturated rings. The maximum atomic E-state index is 13.8. The van der Waals surface area contributed by atoms with Crippen LogP contribution in [0.3, 0.4) is 0 Å². The molecule has 0 aliphatic heterocycles. The van der Waals surface area contributed by atoms with E-state index in [-0.39, 0.29) is 34.8 Å². The summed E-state index contributed by atoms with van der Waals surface area (Å²) in [7, 11) is 0. The minimum Gasteiger partial charge on any atom is -0.494 e. The summed E-state index contributed by atoms with van der Waals surface area (Å²) in [6.45, 7) is 9.41. The van der Waals surface area contributed by atoms with E-state index >= 15 is 0 Å². The molecule has 442 valence electrons. The second-order valence-electron chi connectivity index (χ2n) is 20.5. The molecule has 0 amide bonds. The summed E-state index contributed by atoms with van der Waals surface area (Å²) in [6.07, 6.45) is 18.2. The number of nitrogens with zero attached hydrogens (tertiary/aromatic N) is 1. The Morgan fingerprint density at radius 2 is 0.741 bits per heavy atom. The molecule has 7 aromatic carbocycles. The minimum atomic E-state index is -0.722. The molecular weight excluding hydrogens is 1070 g/mol. The number of benzene rings is 7. The van der Waals surface area contributed by atoms with Gasteiger partial charge in [-0.2, -0.15) is 5.26 Å². The summed E-state index contributed by atoms with van der Waals surface area (Å²) in [5.41, 5.74) is 3.25. The van der Waals surface area contributed by atoms with Gasteiger partial charge in [-0.3, -0.25) is 0 Å². The van der Waals surface area contributed by atoms with E-state index < -0.39 is 29.8 Å². The van der Waals surface area contributed by atoms with Crippen molar-refractivity contribution in [3.63, 3.8) is 0 Å². The monoisotopic (exact) mass is 1150 g/mol. The quantitative estimate of drug-likeness (QED) is 0.0118. The zero-order chi connectivity index (χ0) is 59.9. The second kappa shape index (κ2) is 35.0. The first-order valence-corrected chi connectivity index (χ1v) is 29.5. The van der Waals surface area contributed by atoms with Gasteiger partial charge in [0, 0.05) is 12.2 Å². The fraction of sp³-hybridized carbons (Fsp3) is 0.324. The van der Waals surface area contributed by atoms with Crippen LogP contribution in [-0.4, -0.2) is 69.5 Å². The Hall–Kier alpha value is -9.22. The summed E-state index contributed by atoms with van der Waals surface area (Å²) in [4.78, 5) is 63.7. The maximum absolute atomic E-state index is 13.8. The van der Waals surface area contributed by atoms with E-state index in [2.05, 4.69) is 19.2 Å². The Balaban J connectivity index is 0.878. The number of carbonyl (C=O) groups excluding carboxylic acids is 5. The van der Waals surface area contributed by atoms with Crippen LogP contribution >= 0.6 is 0 Å². The summed E-state index contributed by atoms with van der Waals surface area (Å²) in [5.74, 6) is -0.641. The molecule has 7 aromatic rings. The van der Waals surface area contributed by atoms with Crippen LogP contribution in [-0.2, 0) is 23.8 Å². The molecule has 85 heavy (non-hydrogen) atoms. The molecule has 0 heterocycles. The lowest BCUT2D eigenvalue weighted by Crippen LogP contribution is -2.14. The zero-order valence-electron chi connectivity index (χ0n) is 48.4. The number of hydrogen-bond acceptors (Lipinski definition) is 14. The Bertz CT molecular complexity index is 3380. The number of nitriles is 1. The summed E-state index contributed by atoms with van der Waals surface area (Å²) in [5, 5.41) is 12.4. The van der Waals surface area contributed by atoms with Crippen molar-refractivity contribution in [2.45, 2.75) is 109 Å². The van der Waals surface area contributed by atoms with Crippen molar-refractivity contribution in [2.75, 3.05) is 39.6 Å². The molecule has 0 radical (unpaired) electrons. The van der Waals surface area contributed by atoms with Crippen molar-refractivity contribution in [1.82, 2.24) is 0 Å². The number of carbonyl (C=O) groups is 5. The highest BCUT2D eigenvalue weighted by Crippen LogP contribution is 2.30. The highest BCUT2D eigenvalue weighted by atomic mass is 16.6. The maximum Gasteiger partial charge on any atom is 0.343 e. The number of esters is 5. The van der Waals surface area contributed by atoms with Crippen molar-refractivity contribution >= 4 is 51.4 Å². The van der Waals surface area contributed by atoms with Crippen LogP contribution in [0.25, 0.3) is 32.7 Å². The smallest absolute Gasteiger partial charge is 0.343 e. The molecule has 0 bridgehead atoms. The largest absolute Gasteiger partial charge is 0.494 e. The van der Waals surface area contributed by atoms with Crippen LogP contribution in [0, 0.1) is 11.3 Å². The number of fused-ring (bicyclic) bond motifs is 2. The number of hydrogen-bond donors (Lipinski definition) is 0. The van der Waals surface area contributed by atoms with E-state index in [0.717, 1.165) is 153 Å². The molecule has 14 heteroatoms. The molecule has 0 unspecified atom stereocenters. The van der Waals surface area contributed by atoms with Gasteiger partial charge < -0.3 is 37.9 Å². The second-order valence-corrected chi connectivity index (χ2v) is 20.5. The molecule has 0 aliphatic carbocycles. The lowest BCUT2D eigenvalue weighted by Gasteiger charge is -2.13. The van der Waals surface area contributed by atoms with E-state index in [0.29, 0.717) is 56.5 Å². The molecule has 7 rings (SSSR count). The Morgan fingerprint density at radius 1 is 0.365 bits per heavy atom. The van der Waals surface area contributed by atoms with Gasteiger partial charge in [0.15, 0.2) is 0 Å². The topological polar surface area (TPSA) is 183 Å². The van der Waals surface area contributed by atoms with Crippen molar-refractivity contribution in [3.05, 3.63) is 187 Å². The molecule has 0 atom stereocenters. The third-order valence-electron chi connectivity index (χ3n) is 14.1. The first-order chi connectivity index (χ1) is 41.6. The third kappa shape index (κ3) is 21.5. The van der Waals surface area contributed by atoms with Gasteiger partial charge in [0.05, 0.1) is 62.4 Å². The highest BCUT2D eigenvalue weighted by Gasteiger charge is 2.21. The molecule has 0 aliphatic rings. The Kier molecular flexibility index (Phi) is 26.1. The van der Waals surface area contributed by atoms with Gasteiger partial charge in [-0.1, -0.05) is 107 Å². The van der Waals surface area contributed by atoms with Crippen LogP contribution in [0.15, 0.2) is 165 Å². The summed E-state index contributed by atoms with van der Waals surface area (Å²) < 4.78 is 45.5. The van der Waals surface area contributed by atoms with Crippen molar-refractivity contribution in [3.8, 4) is 45.9 Å². The van der Waals surface area contributed by atoms with Crippen LogP contribution < -0.4 is 23.7 Å². The average Bonchev–Trinajstić information content (AvgIpc) is 3.58. The number of rotatable bonds is 37. The first kappa shape index (κ1) is 63.4. The van der Waals surface area contributed by atoms with E-state index in [4.69, 9.17) is 43.2 Å². The van der Waals surface area contributed by atoms with Crippen molar-refractivity contribution in [1.29, 1.82) is 5.26 Å². The molecule has 0 N–H and O–H groups in total. The van der Waals surface area contributed by atoms with E-state index in [1.807, 2.05) is 91.0 Å². The predicted molar refractivity (Wildman–Crippen MR) is 328 cm³/mol. The van der Waals surface area contributed by atoms with Gasteiger partial charge in [0.2, 0.25) is 0 Å². The van der Waals surface area contributed by atoms with Gasteiger partial charge in [0.25, 0.3) is 0 Å². The minimum absolute atomic E-state index is 0.0481. The third-order valence-corrected chi connectivity index (χ3v) is 14.1. The molecule has 0 aromatic heterocycles. The lowest BCUT2D eigenvalue weighted by atomic mass is 10.0. The molecule has 0 saturated heterocycles. The van der Waals surface area contributed by atoms with Crippen LogP contribution in [0.1, 0.15) is 146 Å². The summed E-state index contributed by atoms with van der Waals surface area (Å²) >= 11 is 0. The lowest BCUT2D eigenvalue weighted by molar-refractivity contribution is -0.138. The average molecular weight is 1150 g/mol. The van der Waals surface area contributed by atoms with Gasteiger partial charge in [-0.25, -0.2) is 24.0 Å². The van der Waals surface area contributed by atoms with Crippen LogP contribution in [0.5, 0.6) is 28.7 Å². The van der Waals surface area contributed by atoms with Gasteiger partial charge in [0.1, 0.15) is 34.3 Å². The highest BCUT2D eigenvalue weighted by molar-refractivity contribution is 6.00. The normalized spacial score (nSPS) is 10.8. The van der Waals surface area contributed by atoms with Crippen LogP contribution in [0.4, 0.5) is 0 Å². The number of ether oxygens (including phenoxy) is 8.